The Hall–Kier alpha value is -3.79. The second kappa shape index (κ2) is 7.22. The summed E-state index contributed by atoms with van der Waals surface area (Å²) in [6.07, 6.45) is 1.42. The van der Waals surface area contributed by atoms with Crippen LogP contribution in [0.5, 0.6) is 0 Å². The fraction of sp³-hybridized carbons (Fsp3) is 0.150. The molecule has 0 aliphatic carbocycles. The highest BCUT2D eigenvalue weighted by Gasteiger charge is 2.22. The second-order valence-corrected chi connectivity index (χ2v) is 6.58. The summed E-state index contributed by atoms with van der Waals surface area (Å²) in [5.74, 6) is 0.278. The monoisotopic (exact) mass is 360 g/mol. The SMILES string of the molecule is CC(C)(NC(=O)Nc1ccc(-n2ncc(C#N)c2N)cc1)c1ccccc1. The number of carbonyl (C=O) groups excluding carboxylic acids is 1. The number of carbonyl (C=O) groups is 1. The lowest BCUT2D eigenvalue weighted by atomic mass is 9.95. The minimum Gasteiger partial charge on any atom is -0.382 e. The molecule has 27 heavy (non-hydrogen) atoms. The molecule has 0 atom stereocenters. The maximum atomic E-state index is 12.4. The van der Waals surface area contributed by atoms with Crippen LogP contribution in [0.3, 0.4) is 0 Å². The van der Waals surface area contributed by atoms with Crippen molar-refractivity contribution >= 4 is 17.5 Å². The van der Waals surface area contributed by atoms with Crippen molar-refractivity contribution in [3.8, 4) is 11.8 Å². The zero-order chi connectivity index (χ0) is 19.4. The molecule has 0 saturated heterocycles. The number of aromatic nitrogens is 2. The average Bonchev–Trinajstić information content (AvgIpc) is 3.03. The highest BCUT2D eigenvalue weighted by atomic mass is 16.2. The van der Waals surface area contributed by atoms with Crippen LogP contribution < -0.4 is 16.4 Å². The van der Waals surface area contributed by atoms with Crippen molar-refractivity contribution in [3.63, 3.8) is 0 Å². The Kier molecular flexibility index (Phi) is 4.81. The van der Waals surface area contributed by atoms with E-state index in [4.69, 9.17) is 11.0 Å². The van der Waals surface area contributed by atoms with Gasteiger partial charge in [0.15, 0.2) is 0 Å². The Morgan fingerprint density at radius 1 is 1.15 bits per heavy atom. The summed E-state index contributed by atoms with van der Waals surface area (Å²) >= 11 is 0. The number of urea groups is 1. The first-order chi connectivity index (χ1) is 12.9. The minimum atomic E-state index is -0.511. The molecule has 1 aromatic heterocycles. The number of nitriles is 1. The molecule has 0 aliphatic rings. The van der Waals surface area contributed by atoms with Crippen LogP contribution in [0.4, 0.5) is 16.3 Å². The van der Waals surface area contributed by atoms with E-state index in [9.17, 15) is 4.79 Å². The van der Waals surface area contributed by atoms with E-state index < -0.39 is 5.54 Å². The molecule has 3 rings (SSSR count). The van der Waals surface area contributed by atoms with Crippen LogP contribution in [0.1, 0.15) is 25.0 Å². The number of nitrogen functional groups attached to an aromatic ring is 1. The van der Waals surface area contributed by atoms with Gasteiger partial charge in [-0.15, -0.1) is 0 Å². The molecule has 0 saturated carbocycles. The van der Waals surface area contributed by atoms with Gasteiger partial charge in [-0.2, -0.15) is 10.4 Å². The fourth-order valence-corrected chi connectivity index (χ4v) is 2.71. The lowest BCUT2D eigenvalue weighted by Crippen LogP contribution is -2.43. The van der Waals surface area contributed by atoms with Crippen LogP contribution in [-0.4, -0.2) is 15.8 Å². The zero-order valence-electron chi connectivity index (χ0n) is 15.1. The van der Waals surface area contributed by atoms with Crippen LogP contribution in [-0.2, 0) is 5.54 Å². The van der Waals surface area contributed by atoms with E-state index in [-0.39, 0.29) is 11.8 Å². The van der Waals surface area contributed by atoms with Gasteiger partial charge in [-0.05, 0) is 43.7 Å². The van der Waals surface area contributed by atoms with Crippen LogP contribution in [0, 0.1) is 11.3 Å². The molecule has 1 heterocycles. The molecular weight excluding hydrogens is 340 g/mol. The molecule has 2 aromatic carbocycles. The molecule has 7 heteroatoms. The van der Waals surface area contributed by atoms with E-state index in [0.29, 0.717) is 16.9 Å². The van der Waals surface area contributed by atoms with Crippen molar-refractivity contribution in [2.45, 2.75) is 19.4 Å². The summed E-state index contributed by atoms with van der Waals surface area (Å²) in [6, 6.07) is 18.5. The third kappa shape index (κ3) is 3.90. The topological polar surface area (TPSA) is 109 Å². The molecular formula is C20H20N6O. The number of hydrogen-bond donors (Lipinski definition) is 3. The van der Waals surface area contributed by atoms with Gasteiger partial charge >= 0.3 is 6.03 Å². The molecule has 0 aliphatic heterocycles. The molecule has 0 unspecified atom stereocenters. The van der Waals surface area contributed by atoms with E-state index in [1.807, 2.05) is 50.2 Å². The van der Waals surface area contributed by atoms with Crippen molar-refractivity contribution in [2.24, 2.45) is 0 Å². The van der Waals surface area contributed by atoms with Crippen molar-refractivity contribution in [1.82, 2.24) is 15.1 Å². The quantitative estimate of drug-likeness (QED) is 0.662. The molecule has 0 radical (unpaired) electrons. The Morgan fingerprint density at radius 3 is 2.41 bits per heavy atom. The summed E-state index contributed by atoms with van der Waals surface area (Å²) in [5, 5.41) is 18.8. The summed E-state index contributed by atoms with van der Waals surface area (Å²) in [6.45, 7) is 3.89. The van der Waals surface area contributed by atoms with Gasteiger partial charge in [-0.3, -0.25) is 0 Å². The van der Waals surface area contributed by atoms with Gasteiger partial charge in [0.1, 0.15) is 17.5 Å². The Labute approximate surface area is 157 Å². The van der Waals surface area contributed by atoms with Crippen LogP contribution in [0.15, 0.2) is 60.8 Å². The van der Waals surface area contributed by atoms with Gasteiger partial charge in [-0.1, -0.05) is 30.3 Å². The molecule has 4 N–H and O–H groups in total. The van der Waals surface area contributed by atoms with Gasteiger partial charge in [0.05, 0.1) is 17.4 Å². The third-order valence-corrected chi connectivity index (χ3v) is 4.22. The third-order valence-electron chi connectivity index (χ3n) is 4.22. The predicted molar refractivity (Wildman–Crippen MR) is 104 cm³/mol. The van der Waals surface area contributed by atoms with Crippen LogP contribution >= 0.6 is 0 Å². The van der Waals surface area contributed by atoms with Crippen molar-refractivity contribution in [2.75, 3.05) is 11.1 Å². The average molecular weight is 360 g/mol. The number of benzene rings is 2. The van der Waals surface area contributed by atoms with Gasteiger partial charge in [0, 0.05) is 5.69 Å². The standard InChI is InChI=1S/C20H20N6O/c1-20(2,15-6-4-3-5-7-15)25-19(27)24-16-8-10-17(11-9-16)26-18(22)14(12-21)13-23-26/h3-11,13H,22H2,1-2H3,(H2,24,25,27). The smallest absolute Gasteiger partial charge is 0.319 e. The predicted octanol–water partition coefficient (Wildman–Crippen LogP) is 3.38. The van der Waals surface area contributed by atoms with E-state index in [0.717, 1.165) is 5.56 Å². The maximum absolute atomic E-state index is 12.4. The molecule has 3 aromatic rings. The highest BCUT2D eigenvalue weighted by molar-refractivity contribution is 5.89. The molecule has 0 bridgehead atoms. The number of anilines is 2. The number of hydrogen-bond acceptors (Lipinski definition) is 4. The fourth-order valence-electron chi connectivity index (χ4n) is 2.71. The van der Waals surface area contributed by atoms with Crippen molar-refractivity contribution in [3.05, 3.63) is 71.9 Å². The lowest BCUT2D eigenvalue weighted by Gasteiger charge is -2.27. The summed E-state index contributed by atoms with van der Waals surface area (Å²) in [5.41, 5.74) is 8.04. The van der Waals surface area contributed by atoms with Gasteiger partial charge in [0.2, 0.25) is 0 Å². The first kappa shape index (κ1) is 18.0. The summed E-state index contributed by atoms with van der Waals surface area (Å²) in [4.78, 5) is 12.4. The Morgan fingerprint density at radius 2 is 1.81 bits per heavy atom. The number of nitrogens with zero attached hydrogens (tertiary/aromatic N) is 3. The zero-order valence-corrected chi connectivity index (χ0v) is 15.1. The molecule has 2 amide bonds. The van der Waals surface area contributed by atoms with Crippen molar-refractivity contribution < 1.29 is 4.79 Å². The highest BCUT2D eigenvalue weighted by Crippen LogP contribution is 2.21. The van der Waals surface area contributed by atoms with Gasteiger partial charge in [0.25, 0.3) is 0 Å². The second-order valence-electron chi connectivity index (χ2n) is 6.58. The number of nitrogens with two attached hydrogens (primary N) is 1. The van der Waals surface area contributed by atoms with Crippen molar-refractivity contribution in [1.29, 1.82) is 5.26 Å². The normalized spacial score (nSPS) is 10.9. The number of amides is 2. The van der Waals surface area contributed by atoms with E-state index in [1.165, 1.54) is 10.9 Å². The van der Waals surface area contributed by atoms with E-state index in [2.05, 4.69) is 15.7 Å². The summed E-state index contributed by atoms with van der Waals surface area (Å²) in [7, 11) is 0. The van der Waals surface area contributed by atoms with E-state index >= 15 is 0 Å². The Balaban J connectivity index is 1.68. The Bertz CT molecular complexity index is 984. The first-order valence-electron chi connectivity index (χ1n) is 8.39. The maximum Gasteiger partial charge on any atom is 0.319 e. The largest absolute Gasteiger partial charge is 0.382 e. The summed E-state index contributed by atoms with van der Waals surface area (Å²) < 4.78 is 1.47. The molecule has 0 spiro atoms. The minimum absolute atomic E-state index is 0.278. The van der Waals surface area contributed by atoms with Crippen LogP contribution in [0.25, 0.3) is 5.69 Å². The van der Waals surface area contributed by atoms with Crippen LogP contribution in [0.2, 0.25) is 0 Å². The van der Waals surface area contributed by atoms with E-state index in [1.54, 1.807) is 24.3 Å². The molecule has 136 valence electrons. The molecule has 7 nitrogen and oxygen atoms in total. The van der Waals surface area contributed by atoms with Gasteiger partial charge < -0.3 is 16.4 Å². The van der Waals surface area contributed by atoms with Gasteiger partial charge in [-0.25, -0.2) is 9.48 Å². The molecule has 0 fully saturated rings. The first-order valence-corrected chi connectivity index (χ1v) is 8.39. The number of nitrogens with one attached hydrogen (secondary N) is 2. The number of rotatable bonds is 4. The lowest BCUT2D eigenvalue weighted by molar-refractivity contribution is 0.242.